The van der Waals surface area contributed by atoms with E-state index in [0.29, 0.717) is 6.42 Å². The fraction of sp³-hybridized carbons (Fsp3) is 0.160. The van der Waals surface area contributed by atoms with Crippen molar-refractivity contribution in [3.05, 3.63) is 96.3 Å². The van der Waals surface area contributed by atoms with Crippen molar-refractivity contribution in [2.45, 2.75) is 12.5 Å². The molecule has 0 bridgehead atoms. The average Bonchev–Trinajstić information content (AvgIpc) is 3.19. The summed E-state index contributed by atoms with van der Waals surface area (Å²) in [5.41, 5.74) is 2.87. The molecular weight excluding hydrogens is 362 g/mol. The van der Waals surface area contributed by atoms with Gasteiger partial charge in [-0.15, -0.1) is 0 Å². The summed E-state index contributed by atoms with van der Waals surface area (Å²) in [5, 5.41) is 1.06. The Balaban J connectivity index is 1.49. The summed E-state index contributed by atoms with van der Waals surface area (Å²) < 4.78 is 11.3. The molecule has 1 aliphatic rings. The summed E-state index contributed by atoms with van der Waals surface area (Å²) in [7, 11) is 1.66. The number of ether oxygens (including phenoxy) is 1. The Morgan fingerprint density at radius 1 is 0.931 bits per heavy atom. The number of fused-ring (bicyclic) bond motifs is 1. The van der Waals surface area contributed by atoms with E-state index in [0.717, 1.165) is 33.7 Å². The highest BCUT2D eigenvalue weighted by Gasteiger charge is 2.49. The highest BCUT2D eigenvalue weighted by atomic mass is 16.5. The van der Waals surface area contributed by atoms with Crippen molar-refractivity contribution in [1.82, 2.24) is 0 Å². The number of carbonyl (C=O) groups excluding carboxylic acids is 1. The van der Waals surface area contributed by atoms with Crippen LogP contribution in [0.5, 0.6) is 5.75 Å². The summed E-state index contributed by atoms with van der Waals surface area (Å²) in [6.45, 7) is 0. The van der Waals surface area contributed by atoms with Crippen molar-refractivity contribution in [3.63, 3.8) is 0 Å². The Kier molecular flexibility index (Phi) is 4.32. The molecule has 0 aliphatic carbocycles. The Hall–Kier alpha value is -3.53. The molecule has 1 aliphatic heterocycles. The van der Waals surface area contributed by atoms with Gasteiger partial charge >= 0.3 is 0 Å². The minimum absolute atomic E-state index is 0.0379. The fourth-order valence-electron chi connectivity index (χ4n) is 4.16. The Morgan fingerprint density at radius 3 is 2.38 bits per heavy atom. The van der Waals surface area contributed by atoms with Crippen molar-refractivity contribution in [2.24, 2.45) is 5.92 Å². The lowest BCUT2D eigenvalue weighted by molar-refractivity contribution is -0.130. The second-order valence-corrected chi connectivity index (χ2v) is 7.32. The SMILES string of the molecule is COc1ccc([C@@H]2[C@@H](Cc3cc4ccccc4o3)C(=O)N2c2ccccc2)cc1. The molecule has 3 aromatic carbocycles. The molecule has 0 saturated carbocycles. The minimum Gasteiger partial charge on any atom is -0.497 e. The van der Waals surface area contributed by atoms with Crippen molar-refractivity contribution in [2.75, 3.05) is 12.0 Å². The minimum atomic E-state index is -0.163. The molecule has 4 nitrogen and oxygen atoms in total. The van der Waals surface area contributed by atoms with Crippen LogP contribution >= 0.6 is 0 Å². The van der Waals surface area contributed by atoms with Gasteiger partial charge in [0, 0.05) is 17.5 Å². The number of nitrogens with zero attached hydrogens (tertiary/aromatic N) is 1. The monoisotopic (exact) mass is 383 g/mol. The molecule has 4 heteroatoms. The lowest BCUT2D eigenvalue weighted by atomic mass is 9.79. The number of hydrogen-bond donors (Lipinski definition) is 0. The van der Waals surface area contributed by atoms with E-state index in [-0.39, 0.29) is 17.9 Å². The molecule has 144 valence electrons. The first-order valence-corrected chi connectivity index (χ1v) is 9.74. The molecular formula is C25H21NO3. The van der Waals surface area contributed by atoms with Gasteiger partial charge in [-0.3, -0.25) is 4.79 Å². The predicted molar refractivity (Wildman–Crippen MR) is 113 cm³/mol. The largest absolute Gasteiger partial charge is 0.497 e. The van der Waals surface area contributed by atoms with Crippen molar-refractivity contribution in [1.29, 1.82) is 0 Å². The topological polar surface area (TPSA) is 42.7 Å². The maximum Gasteiger partial charge on any atom is 0.233 e. The number of amides is 1. The maximum absolute atomic E-state index is 13.1. The third kappa shape index (κ3) is 3.07. The zero-order valence-corrected chi connectivity index (χ0v) is 16.1. The molecule has 1 amide bonds. The van der Waals surface area contributed by atoms with Crippen LogP contribution in [0.2, 0.25) is 0 Å². The molecule has 2 atom stereocenters. The molecule has 1 saturated heterocycles. The molecule has 0 spiro atoms. The zero-order valence-electron chi connectivity index (χ0n) is 16.1. The van der Waals surface area contributed by atoms with Gasteiger partial charge in [-0.1, -0.05) is 48.5 Å². The van der Waals surface area contributed by atoms with Crippen molar-refractivity contribution < 1.29 is 13.9 Å². The molecule has 5 rings (SSSR count). The van der Waals surface area contributed by atoms with Crippen LogP contribution < -0.4 is 9.64 Å². The van der Waals surface area contributed by atoms with Gasteiger partial charge in [0.1, 0.15) is 17.1 Å². The van der Waals surface area contributed by atoms with Crippen LogP contribution in [0.15, 0.2) is 89.3 Å². The van der Waals surface area contributed by atoms with Gasteiger partial charge in [-0.25, -0.2) is 0 Å². The van der Waals surface area contributed by atoms with E-state index in [1.807, 2.05) is 89.8 Å². The van der Waals surface area contributed by atoms with E-state index in [1.165, 1.54) is 0 Å². The number of benzene rings is 3. The first-order chi connectivity index (χ1) is 14.2. The third-order valence-electron chi connectivity index (χ3n) is 5.60. The number of furan rings is 1. The van der Waals surface area contributed by atoms with E-state index in [1.54, 1.807) is 7.11 Å². The highest BCUT2D eigenvalue weighted by Crippen LogP contribution is 2.45. The number of rotatable bonds is 5. The normalized spacial score (nSPS) is 18.7. The van der Waals surface area contributed by atoms with Gasteiger partial charge in [0.25, 0.3) is 0 Å². The summed E-state index contributed by atoms with van der Waals surface area (Å²) in [6.07, 6.45) is 0.577. The first-order valence-electron chi connectivity index (χ1n) is 9.74. The van der Waals surface area contributed by atoms with Gasteiger partial charge in [-0.05, 0) is 42.0 Å². The molecule has 1 fully saturated rings. The van der Waals surface area contributed by atoms with Crippen molar-refractivity contribution in [3.8, 4) is 5.75 Å². The van der Waals surface area contributed by atoms with Crippen LogP contribution in [0.25, 0.3) is 11.0 Å². The lowest BCUT2D eigenvalue weighted by Crippen LogP contribution is -2.56. The van der Waals surface area contributed by atoms with Gasteiger partial charge in [-0.2, -0.15) is 0 Å². The van der Waals surface area contributed by atoms with Gasteiger partial charge in [0.2, 0.25) is 5.91 Å². The quantitative estimate of drug-likeness (QED) is 0.434. The number of anilines is 1. The second kappa shape index (κ2) is 7.13. The highest BCUT2D eigenvalue weighted by molar-refractivity contribution is 6.03. The lowest BCUT2D eigenvalue weighted by Gasteiger charge is -2.47. The number of hydrogen-bond acceptors (Lipinski definition) is 3. The predicted octanol–water partition coefficient (Wildman–Crippen LogP) is 5.39. The fourth-order valence-corrected chi connectivity index (χ4v) is 4.16. The number of carbonyl (C=O) groups is 1. The smallest absolute Gasteiger partial charge is 0.233 e. The number of methoxy groups -OCH3 is 1. The summed E-state index contributed by atoms with van der Waals surface area (Å²) in [4.78, 5) is 15.0. The number of β-lactam (4-membered cyclic amide) rings is 1. The van der Waals surface area contributed by atoms with E-state index in [4.69, 9.17) is 9.15 Å². The number of para-hydroxylation sites is 2. The van der Waals surface area contributed by atoms with Crippen LogP contribution in [-0.4, -0.2) is 13.0 Å². The zero-order chi connectivity index (χ0) is 19.8. The van der Waals surface area contributed by atoms with Crippen LogP contribution in [0.3, 0.4) is 0 Å². The summed E-state index contributed by atoms with van der Waals surface area (Å²) in [6, 6.07) is 27.7. The third-order valence-corrected chi connectivity index (χ3v) is 5.60. The van der Waals surface area contributed by atoms with Crippen LogP contribution in [0.1, 0.15) is 17.4 Å². The van der Waals surface area contributed by atoms with Crippen molar-refractivity contribution >= 4 is 22.6 Å². The molecule has 29 heavy (non-hydrogen) atoms. The Morgan fingerprint density at radius 2 is 1.66 bits per heavy atom. The van der Waals surface area contributed by atoms with Gasteiger partial charge in [0.05, 0.1) is 19.1 Å². The van der Waals surface area contributed by atoms with E-state index in [2.05, 4.69) is 0 Å². The van der Waals surface area contributed by atoms with Gasteiger partial charge in [0.15, 0.2) is 0 Å². The Bertz CT molecular complexity index is 1110. The van der Waals surface area contributed by atoms with E-state index in [9.17, 15) is 4.79 Å². The van der Waals surface area contributed by atoms with Gasteiger partial charge < -0.3 is 14.1 Å². The molecule has 4 aromatic rings. The maximum atomic E-state index is 13.1. The summed E-state index contributed by atoms with van der Waals surface area (Å²) in [5.74, 6) is 1.61. The average molecular weight is 383 g/mol. The summed E-state index contributed by atoms with van der Waals surface area (Å²) >= 11 is 0. The molecule has 2 heterocycles. The standard InChI is InChI=1S/C25H21NO3/c1-28-20-13-11-17(12-14-20)24-22(25(27)26(24)19-8-3-2-4-9-19)16-21-15-18-7-5-6-10-23(18)29-21/h2-15,22,24H,16H2,1H3/t22-,24-/m1/s1. The van der Waals surface area contributed by atoms with Crippen LogP contribution in [0, 0.1) is 5.92 Å². The van der Waals surface area contributed by atoms with Crippen LogP contribution in [-0.2, 0) is 11.2 Å². The second-order valence-electron chi connectivity index (χ2n) is 7.32. The Labute approximate surface area is 169 Å². The van der Waals surface area contributed by atoms with Crippen LogP contribution in [0.4, 0.5) is 5.69 Å². The molecule has 0 radical (unpaired) electrons. The first kappa shape index (κ1) is 17.6. The van der Waals surface area contributed by atoms with E-state index >= 15 is 0 Å². The molecule has 0 N–H and O–H groups in total. The molecule has 0 unspecified atom stereocenters. The molecule has 1 aromatic heterocycles. The van der Waals surface area contributed by atoms with E-state index < -0.39 is 0 Å².